The minimum Gasteiger partial charge on any atom is -0.457 e. The van der Waals surface area contributed by atoms with Crippen molar-refractivity contribution in [1.29, 1.82) is 0 Å². The number of aliphatic hydroxyl groups is 1. The van der Waals surface area contributed by atoms with Crippen LogP contribution in [0.2, 0.25) is 0 Å². The molecule has 0 atom stereocenters. The van der Waals surface area contributed by atoms with E-state index in [0.717, 1.165) is 22.5 Å². The molecule has 0 radical (unpaired) electrons. The number of hydrogen-bond donors (Lipinski definition) is 1. The molecule has 1 N–H and O–H groups in total. The second-order valence-electron chi connectivity index (χ2n) is 5.80. The highest BCUT2D eigenvalue weighted by molar-refractivity contribution is 5.77. The van der Waals surface area contributed by atoms with Gasteiger partial charge in [0.05, 0.1) is 24.0 Å². The Hall–Kier alpha value is -2.37. The van der Waals surface area contributed by atoms with Crippen LogP contribution in [-0.4, -0.2) is 27.1 Å². The van der Waals surface area contributed by atoms with Crippen LogP contribution < -0.4 is 4.74 Å². The van der Waals surface area contributed by atoms with Crippen LogP contribution in [0.3, 0.4) is 0 Å². The number of rotatable bonds is 6. The molecular formula is C18H20N2O3. The van der Waals surface area contributed by atoms with Crippen LogP contribution in [0.25, 0.3) is 11.0 Å². The molecule has 2 aromatic carbocycles. The van der Waals surface area contributed by atoms with Gasteiger partial charge in [0.1, 0.15) is 11.5 Å². The zero-order chi connectivity index (χ0) is 16.3. The van der Waals surface area contributed by atoms with Crippen LogP contribution in [-0.2, 0) is 11.3 Å². The van der Waals surface area contributed by atoms with E-state index in [1.807, 2.05) is 53.1 Å². The van der Waals surface area contributed by atoms with Crippen LogP contribution in [0.5, 0.6) is 11.5 Å². The molecule has 0 fully saturated rings. The number of para-hydroxylation sites is 1. The fourth-order valence-electron chi connectivity index (χ4n) is 2.30. The molecule has 5 heteroatoms. The molecule has 3 aromatic rings. The molecule has 5 nitrogen and oxygen atoms in total. The predicted octanol–water partition coefficient (Wildman–Crippen LogP) is 3.57. The summed E-state index contributed by atoms with van der Waals surface area (Å²) in [6, 6.07) is 15.4. The molecule has 0 saturated heterocycles. The van der Waals surface area contributed by atoms with Gasteiger partial charge in [-0.15, -0.1) is 0 Å². The second kappa shape index (κ2) is 6.40. The summed E-state index contributed by atoms with van der Waals surface area (Å²) in [4.78, 5) is 4.37. The largest absolute Gasteiger partial charge is 0.457 e. The van der Waals surface area contributed by atoms with E-state index >= 15 is 0 Å². The minimum absolute atomic E-state index is 0.402. The van der Waals surface area contributed by atoms with Crippen molar-refractivity contribution in [1.82, 2.24) is 9.55 Å². The summed E-state index contributed by atoms with van der Waals surface area (Å²) in [5.74, 6) is 0.426. The fraction of sp³-hybridized carbons (Fsp3) is 0.278. The Morgan fingerprint density at radius 1 is 1.09 bits per heavy atom. The van der Waals surface area contributed by atoms with E-state index in [1.165, 1.54) is 0 Å². The van der Waals surface area contributed by atoms with E-state index in [0.29, 0.717) is 13.2 Å². The smallest absolute Gasteiger partial charge is 0.159 e. The van der Waals surface area contributed by atoms with Gasteiger partial charge in [0.25, 0.3) is 0 Å². The standard InChI is InChI=1S/C18H20N2O3/c1-18(2,21)22-11-10-20-13-19-16-9-8-15(12-17(16)20)23-14-6-4-3-5-7-14/h3-9,12-13,21H,10-11H2,1-2H3. The average Bonchev–Trinajstić information content (AvgIpc) is 2.90. The van der Waals surface area contributed by atoms with Gasteiger partial charge in [-0.25, -0.2) is 4.98 Å². The molecule has 0 spiro atoms. The number of nitrogens with zero attached hydrogens (tertiary/aromatic N) is 2. The van der Waals surface area contributed by atoms with Gasteiger partial charge >= 0.3 is 0 Å². The number of fused-ring (bicyclic) bond motifs is 1. The van der Waals surface area contributed by atoms with Crippen molar-refractivity contribution in [2.45, 2.75) is 26.2 Å². The second-order valence-corrected chi connectivity index (χ2v) is 5.80. The van der Waals surface area contributed by atoms with Crippen LogP contribution in [0.4, 0.5) is 0 Å². The molecule has 1 heterocycles. The summed E-state index contributed by atoms with van der Waals surface area (Å²) in [7, 11) is 0. The summed E-state index contributed by atoms with van der Waals surface area (Å²) in [6.07, 6.45) is 1.77. The van der Waals surface area contributed by atoms with Crippen molar-refractivity contribution >= 4 is 11.0 Å². The summed E-state index contributed by atoms with van der Waals surface area (Å²) in [6.45, 7) is 4.24. The zero-order valence-electron chi connectivity index (χ0n) is 13.3. The number of benzene rings is 2. The van der Waals surface area contributed by atoms with Crippen LogP contribution in [0.1, 0.15) is 13.8 Å². The van der Waals surface area contributed by atoms with E-state index in [9.17, 15) is 5.11 Å². The predicted molar refractivity (Wildman–Crippen MR) is 88.5 cm³/mol. The molecule has 120 valence electrons. The Morgan fingerprint density at radius 2 is 1.87 bits per heavy atom. The van der Waals surface area contributed by atoms with Gasteiger partial charge in [0, 0.05) is 12.6 Å². The number of imidazole rings is 1. The third-order valence-corrected chi connectivity index (χ3v) is 3.36. The highest BCUT2D eigenvalue weighted by Crippen LogP contribution is 2.25. The molecular weight excluding hydrogens is 292 g/mol. The number of aromatic nitrogens is 2. The van der Waals surface area contributed by atoms with E-state index in [2.05, 4.69) is 4.98 Å². The molecule has 0 amide bonds. The molecule has 0 aliphatic heterocycles. The van der Waals surface area contributed by atoms with Crippen LogP contribution in [0, 0.1) is 0 Å². The average molecular weight is 312 g/mol. The lowest BCUT2D eigenvalue weighted by Crippen LogP contribution is -2.25. The van der Waals surface area contributed by atoms with Gasteiger partial charge in [-0.05, 0) is 38.1 Å². The van der Waals surface area contributed by atoms with Crippen LogP contribution >= 0.6 is 0 Å². The summed E-state index contributed by atoms with van der Waals surface area (Å²) in [5.41, 5.74) is 1.87. The maximum Gasteiger partial charge on any atom is 0.159 e. The minimum atomic E-state index is -1.13. The molecule has 23 heavy (non-hydrogen) atoms. The van der Waals surface area contributed by atoms with Crippen molar-refractivity contribution in [3.05, 3.63) is 54.9 Å². The highest BCUT2D eigenvalue weighted by atomic mass is 16.6. The zero-order valence-corrected chi connectivity index (χ0v) is 13.3. The van der Waals surface area contributed by atoms with Gasteiger partial charge in [-0.2, -0.15) is 0 Å². The number of hydrogen-bond acceptors (Lipinski definition) is 4. The van der Waals surface area contributed by atoms with Crippen molar-refractivity contribution in [3.63, 3.8) is 0 Å². The lowest BCUT2D eigenvalue weighted by molar-refractivity contribution is -0.177. The molecule has 0 unspecified atom stereocenters. The SMILES string of the molecule is CC(C)(O)OCCn1cnc2ccc(Oc3ccccc3)cc21. The van der Waals surface area contributed by atoms with E-state index in [1.54, 1.807) is 20.2 Å². The van der Waals surface area contributed by atoms with Gasteiger partial charge < -0.3 is 19.1 Å². The summed E-state index contributed by atoms with van der Waals surface area (Å²) < 4.78 is 13.2. The van der Waals surface area contributed by atoms with Gasteiger partial charge in [0.15, 0.2) is 5.79 Å². The lowest BCUT2D eigenvalue weighted by Gasteiger charge is -2.18. The molecule has 0 aliphatic rings. The van der Waals surface area contributed by atoms with E-state index in [4.69, 9.17) is 9.47 Å². The van der Waals surface area contributed by atoms with Gasteiger partial charge in [0.2, 0.25) is 0 Å². The topological polar surface area (TPSA) is 56.5 Å². The highest BCUT2D eigenvalue weighted by Gasteiger charge is 2.12. The quantitative estimate of drug-likeness (QED) is 0.707. The fourth-order valence-corrected chi connectivity index (χ4v) is 2.30. The Morgan fingerprint density at radius 3 is 2.61 bits per heavy atom. The van der Waals surface area contributed by atoms with E-state index < -0.39 is 5.79 Å². The third kappa shape index (κ3) is 4.09. The maximum atomic E-state index is 9.60. The van der Waals surface area contributed by atoms with Gasteiger partial charge in [-0.1, -0.05) is 18.2 Å². The van der Waals surface area contributed by atoms with Crippen molar-refractivity contribution < 1.29 is 14.6 Å². The third-order valence-electron chi connectivity index (χ3n) is 3.36. The Bertz CT molecular complexity index is 776. The molecule has 1 aromatic heterocycles. The Balaban J connectivity index is 1.77. The first-order valence-corrected chi connectivity index (χ1v) is 7.55. The molecule has 3 rings (SSSR count). The van der Waals surface area contributed by atoms with Crippen molar-refractivity contribution in [2.75, 3.05) is 6.61 Å². The molecule has 0 aliphatic carbocycles. The summed E-state index contributed by atoms with van der Waals surface area (Å²) >= 11 is 0. The Kier molecular flexibility index (Phi) is 4.32. The monoisotopic (exact) mass is 312 g/mol. The first kappa shape index (κ1) is 15.5. The van der Waals surface area contributed by atoms with Gasteiger partial charge in [-0.3, -0.25) is 0 Å². The van der Waals surface area contributed by atoms with Crippen LogP contribution in [0.15, 0.2) is 54.9 Å². The first-order chi connectivity index (χ1) is 11.0. The number of ether oxygens (including phenoxy) is 2. The lowest BCUT2D eigenvalue weighted by atomic mass is 10.3. The summed E-state index contributed by atoms with van der Waals surface area (Å²) in [5, 5.41) is 9.60. The van der Waals surface area contributed by atoms with Crippen molar-refractivity contribution in [3.8, 4) is 11.5 Å². The van der Waals surface area contributed by atoms with Crippen molar-refractivity contribution in [2.24, 2.45) is 0 Å². The first-order valence-electron chi connectivity index (χ1n) is 7.55. The molecule has 0 saturated carbocycles. The normalized spacial score (nSPS) is 11.8. The van der Waals surface area contributed by atoms with E-state index in [-0.39, 0.29) is 0 Å². The Labute approximate surface area is 135 Å². The molecule has 0 bridgehead atoms. The maximum absolute atomic E-state index is 9.60.